The molecule has 0 rings (SSSR count). The van der Waals surface area contributed by atoms with Gasteiger partial charge >= 0.3 is 0 Å². The summed E-state index contributed by atoms with van der Waals surface area (Å²) in [5.74, 6) is 0. The van der Waals surface area contributed by atoms with E-state index in [1.807, 2.05) is 13.0 Å². The first-order valence-electron chi connectivity index (χ1n) is 5.57. The van der Waals surface area contributed by atoms with Crippen LogP contribution in [0.3, 0.4) is 0 Å². The Bertz CT molecular complexity index is 189. The van der Waals surface area contributed by atoms with Crippen molar-refractivity contribution in [2.24, 2.45) is 0 Å². The molecule has 0 aromatic rings. The van der Waals surface area contributed by atoms with Gasteiger partial charge in [0.2, 0.25) is 0 Å². The predicted octanol–water partition coefficient (Wildman–Crippen LogP) is 4.05. The average Bonchev–Trinajstić information content (AvgIpc) is 2.17. The van der Waals surface area contributed by atoms with Crippen molar-refractivity contribution in [1.82, 2.24) is 0 Å². The lowest BCUT2D eigenvalue weighted by molar-refractivity contribution is -0.107. The van der Waals surface area contributed by atoms with Gasteiger partial charge in [0.25, 0.3) is 0 Å². The number of allylic oxidation sites excluding steroid dienone is 4. The Hall–Kier alpha value is -0.850. The molecular weight excluding hydrogens is 172 g/mol. The minimum Gasteiger partial charge on any atom is -0.303 e. The third kappa shape index (κ3) is 9.24. The molecule has 0 aliphatic heterocycles. The fourth-order valence-corrected chi connectivity index (χ4v) is 1.22. The van der Waals surface area contributed by atoms with E-state index in [0.717, 1.165) is 18.3 Å². The molecule has 0 spiro atoms. The Balaban J connectivity index is 3.43. The molecule has 0 saturated carbocycles. The molecule has 0 saturated heterocycles. The Morgan fingerprint density at radius 3 is 2.64 bits per heavy atom. The van der Waals surface area contributed by atoms with Crippen molar-refractivity contribution in [2.45, 2.75) is 52.4 Å². The summed E-state index contributed by atoms with van der Waals surface area (Å²) < 4.78 is 0. The topological polar surface area (TPSA) is 17.1 Å². The molecule has 0 aromatic carbocycles. The first-order chi connectivity index (χ1) is 6.81. The standard InChI is InChI=1S/C13H22O/c1-3-4-5-6-7-8-9-10-13(2)11-12-14/h8-10,12H,3-7,11H2,1-2H3/b9-8+,13-10+. The lowest BCUT2D eigenvalue weighted by atomic mass is 10.1. The summed E-state index contributed by atoms with van der Waals surface area (Å²) in [5, 5.41) is 0. The smallest absolute Gasteiger partial charge is 0.124 e. The number of hydrogen-bond donors (Lipinski definition) is 0. The first kappa shape index (κ1) is 13.2. The van der Waals surface area contributed by atoms with Gasteiger partial charge in [0, 0.05) is 6.42 Å². The number of rotatable bonds is 8. The van der Waals surface area contributed by atoms with Crippen molar-refractivity contribution >= 4 is 6.29 Å². The van der Waals surface area contributed by atoms with Gasteiger partial charge in [0.1, 0.15) is 6.29 Å². The van der Waals surface area contributed by atoms with Gasteiger partial charge < -0.3 is 4.79 Å². The summed E-state index contributed by atoms with van der Waals surface area (Å²) in [5.41, 5.74) is 1.13. The second kappa shape index (κ2) is 10.2. The highest BCUT2D eigenvalue weighted by Gasteiger charge is 1.85. The van der Waals surface area contributed by atoms with Crippen LogP contribution in [-0.4, -0.2) is 6.29 Å². The lowest BCUT2D eigenvalue weighted by Crippen LogP contribution is -1.76. The van der Waals surface area contributed by atoms with Gasteiger partial charge in [-0.05, 0) is 19.8 Å². The molecule has 0 bridgehead atoms. The summed E-state index contributed by atoms with van der Waals surface area (Å²) in [7, 11) is 0. The number of unbranched alkanes of at least 4 members (excludes halogenated alkanes) is 4. The SMILES string of the molecule is CCCCCC/C=C/C=C(\C)CC=O. The van der Waals surface area contributed by atoms with Crippen LogP contribution in [0.1, 0.15) is 52.4 Å². The highest BCUT2D eigenvalue weighted by molar-refractivity contribution is 5.54. The zero-order chi connectivity index (χ0) is 10.6. The van der Waals surface area contributed by atoms with Gasteiger partial charge in [-0.15, -0.1) is 0 Å². The van der Waals surface area contributed by atoms with E-state index in [0.29, 0.717) is 6.42 Å². The molecule has 80 valence electrons. The summed E-state index contributed by atoms with van der Waals surface area (Å²) in [4.78, 5) is 10.2. The molecular formula is C13H22O. The third-order valence-electron chi connectivity index (χ3n) is 2.15. The van der Waals surface area contributed by atoms with Crippen LogP contribution in [0.2, 0.25) is 0 Å². The molecule has 0 amide bonds. The van der Waals surface area contributed by atoms with E-state index in [4.69, 9.17) is 0 Å². The molecule has 0 fully saturated rings. The van der Waals surface area contributed by atoms with Gasteiger partial charge in [-0.2, -0.15) is 0 Å². The lowest BCUT2D eigenvalue weighted by Gasteiger charge is -1.93. The van der Waals surface area contributed by atoms with E-state index < -0.39 is 0 Å². The van der Waals surface area contributed by atoms with Crippen LogP contribution in [0.5, 0.6) is 0 Å². The van der Waals surface area contributed by atoms with E-state index in [9.17, 15) is 4.79 Å². The van der Waals surface area contributed by atoms with Crippen molar-refractivity contribution < 1.29 is 4.79 Å². The monoisotopic (exact) mass is 194 g/mol. The third-order valence-corrected chi connectivity index (χ3v) is 2.15. The number of aldehydes is 1. The Kier molecular flexibility index (Phi) is 9.61. The maximum atomic E-state index is 10.2. The van der Waals surface area contributed by atoms with Crippen LogP contribution in [0, 0.1) is 0 Å². The molecule has 0 aromatic heterocycles. The maximum absolute atomic E-state index is 10.2. The van der Waals surface area contributed by atoms with E-state index in [-0.39, 0.29) is 0 Å². The fraction of sp³-hybridized carbons (Fsp3) is 0.615. The van der Waals surface area contributed by atoms with Crippen molar-refractivity contribution in [1.29, 1.82) is 0 Å². The van der Waals surface area contributed by atoms with E-state index in [1.165, 1.54) is 25.7 Å². The quantitative estimate of drug-likeness (QED) is 0.323. The van der Waals surface area contributed by atoms with Gasteiger partial charge in [0.15, 0.2) is 0 Å². The molecule has 0 aliphatic carbocycles. The van der Waals surface area contributed by atoms with E-state index >= 15 is 0 Å². The highest BCUT2D eigenvalue weighted by atomic mass is 16.1. The van der Waals surface area contributed by atoms with Gasteiger partial charge in [-0.3, -0.25) is 0 Å². The summed E-state index contributed by atoms with van der Waals surface area (Å²) in [6.45, 7) is 4.21. The second-order valence-electron chi connectivity index (χ2n) is 3.66. The first-order valence-corrected chi connectivity index (χ1v) is 5.57. The largest absolute Gasteiger partial charge is 0.303 e. The molecule has 0 radical (unpaired) electrons. The Labute approximate surface area is 87.9 Å². The predicted molar refractivity (Wildman–Crippen MR) is 62.3 cm³/mol. The zero-order valence-corrected chi connectivity index (χ0v) is 9.46. The van der Waals surface area contributed by atoms with E-state index in [2.05, 4.69) is 19.1 Å². The highest BCUT2D eigenvalue weighted by Crippen LogP contribution is 2.03. The normalized spacial score (nSPS) is 12.3. The van der Waals surface area contributed by atoms with Crippen LogP contribution < -0.4 is 0 Å². The molecule has 1 heteroatoms. The van der Waals surface area contributed by atoms with Crippen LogP contribution in [0.15, 0.2) is 23.8 Å². The molecule has 14 heavy (non-hydrogen) atoms. The molecule has 1 nitrogen and oxygen atoms in total. The van der Waals surface area contributed by atoms with Crippen LogP contribution >= 0.6 is 0 Å². The fourth-order valence-electron chi connectivity index (χ4n) is 1.22. The number of carbonyl (C=O) groups excluding carboxylic acids is 1. The average molecular weight is 194 g/mol. The van der Waals surface area contributed by atoms with Gasteiger partial charge in [-0.1, -0.05) is 50.0 Å². The zero-order valence-electron chi connectivity index (χ0n) is 9.46. The molecule has 0 heterocycles. The number of carbonyl (C=O) groups is 1. The van der Waals surface area contributed by atoms with Crippen molar-refractivity contribution in [3.63, 3.8) is 0 Å². The van der Waals surface area contributed by atoms with Crippen LogP contribution in [-0.2, 0) is 4.79 Å². The maximum Gasteiger partial charge on any atom is 0.124 e. The molecule has 0 aliphatic rings. The minimum absolute atomic E-state index is 0.556. The second-order valence-corrected chi connectivity index (χ2v) is 3.66. The Morgan fingerprint density at radius 2 is 2.00 bits per heavy atom. The molecule has 0 N–H and O–H groups in total. The summed E-state index contributed by atoms with van der Waals surface area (Å²) >= 11 is 0. The molecule has 0 unspecified atom stereocenters. The van der Waals surface area contributed by atoms with Crippen molar-refractivity contribution in [3.05, 3.63) is 23.8 Å². The summed E-state index contributed by atoms with van der Waals surface area (Å²) in [6.07, 6.45) is 14.2. The van der Waals surface area contributed by atoms with Gasteiger partial charge in [-0.25, -0.2) is 0 Å². The van der Waals surface area contributed by atoms with Crippen molar-refractivity contribution in [3.8, 4) is 0 Å². The van der Waals surface area contributed by atoms with Gasteiger partial charge in [0.05, 0.1) is 0 Å². The Morgan fingerprint density at radius 1 is 1.21 bits per heavy atom. The molecule has 0 atom stereocenters. The number of hydrogen-bond acceptors (Lipinski definition) is 1. The van der Waals surface area contributed by atoms with Crippen LogP contribution in [0.25, 0.3) is 0 Å². The summed E-state index contributed by atoms with van der Waals surface area (Å²) in [6, 6.07) is 0. The van der Waals surface area contributed by atoms with Crippen LogP contribution in [0.4, 0.5) is 0 Å². The van der Waals surface area contributed by atoms with Crippen molar-refractivity contribution in [2.75, 3.05) is 0 Å². The van der Waals surface area contributed by atoms with E-state index in [1.54, 1.807) is 0 Å². The minimum atomic E-state index is 0.556.